The number of hydrogen-bond acceptors (Lipinski definition) is 3. The molecule has 112 valence electrons. The molecule has 1 fully saturated rings. The first-order valence-corrected chi connectivity index (χ1v) is 7.51. The summed E-state index contributed by atoms with van der Waals surface area (Å²) < 4.78 is 2.16. The Morgan fingerprint density at radius 3 is 2.81 bits per heavy atom. The Kier molecular flexibility index (Phi) is 3.68. The minimum absolute atomic E-state index is 0.126. The third-order valence-electron chi connectivity index (χ3n) is 4.20. The van der Waals surface area contributed by atoms with Gasteiger partial charge in [0, 0.05) is 18.6 Å². The molecule has 21 heavy (non-hydrogen) atoms. The molecule has 1 saturated carbocycles. The average molecular weight is 288 g/mol. The van der Waals surface area contributed by atoms with Gasteiger partial charge in [-0.25, -0.2) is 9.78 Å². The summed E-state index contributed by atoms with van der Waals surface area (Å²) in [5.74, 6) is 0.610. The van der Waals surface area contributed by atoms with E-state index in [1.807, 2.05) is 0 Å². The van der Waals surface area contributed by atoms with Crippen molar-refractivity contribution in [3.63, 3.8) is 0 Å². The van der Waals surface area contributed by atoms with Crippen LogP contribution in [0.5, 0.6) is 0 Å². The Morgan fingerprint density at radius 2 is 2.24 bits per heavy atom. The second kappa shape index (κ2) is 5.48. The number of nitrogens with zero attached hydrogens (tertiary/aromatic N) is 2. The van der Waals surface area contributed by atoms with Gasteiger partial charge >= 0.3 is 5.97 Å². The molecule has 5 heteroatoms. The minimum Gasteiger partial charge on any atom is -0.478 e. The van der Waals surface area contributed by atoms with Gasteiger partial charge in [0.1, 0.15) is 5.82 Å². The zero-order chi connectivity index (χ0) is 15.0. The monoisotopic (exact) mass is 288 g/mol. The fourth-order valence-corrected chi connectivity index (χ4v) is 2.92. The molecule has 2 aromatic rings. The number of imidazole rings is 1. The fourth-order valence-electron chi connectivity index (χ4n) is 2.92. The topological polar surface area (TPSA) is 75.3 Å². The van der Waals surface area contributed by atoms with Crippen LogP contribution in [0.25, 0.3) is 11.0 Å². The average Bonchev–Trinajstić information content (AvgIpc) is 3.25. The maximum atomic E-state index is 11.2. The summed E-state index contributed by atoms with van der Waals surface area (Å²) in [6.45, 7) is 2.21. The van der Waals surface area contributed by atoms with E-state index in [2.05, 4.69) is 11.5 Å². The van der Waals surface area contributed by atoms with Crippen LogP contribution >= 0.6 is 0 Å². The van der Waals surface area contributed by atoms with Gasteiger partial charge in [-0.3, -0.25) is 0 Å². The van der Waals surface area contributed by atoms with Gasteiger partial charge in [0.15, 0.2) is 0 Å². The van der Waals surface area contributed by atoms with E-state index in [1.165, 1.54) is 0 Å². The van der Waals surface area contributed by atoms with E-state index in [0.29, 0.717) is 12.3 Å². The van der Waals surface area contributed by atoms with Crippen LogP contribution in [0.15, 0.2) is 18.2 Å². The molecule has 3 rings (SSSR count). The highest BCUT2D eigenvalue weighted by Crippen LogP contribution is 2.42. The highest BCUT2D eigenvalue weighted by Gasteiger charge is 2.31. The SMILES string of the molecule is CCC(CCO)n1c(C2CC2)nc2ccc(C(=O)O)cc21. The van der Waals surface area contributed by atoms with Crippen molar-refractivity contribution in [1.82, 2.24) is 9.55 Å². The van der Waals surface area contributed by atoms with E-state index in [-0.39, 0.29) is 18.2 Å². The first kappa shape index (κ1) is 14.1. The van der Waals surface area contributed by atoms with Crippen LogP contribution in [0.2, 0.25) is 0 Å². The fraction of sp³-hybridized carbons (Fsp3) is 0.500. The molecule has 1 aromatic carbocycles. The molecule has 2 N–H and O–H groups in total. The van der Waals surface area contributed by atoms with E-state index in [9.17, 15) is 15.0 Å². The Labute approximate surface area is 123 Å². The second-order valence-corrected chi connectivity index (χ2v) is 5.70. The van der Waals surface area contributed by atoms with E-state index in [1.54, 1.807) is 18.2 Å². The van der Waals surface area contributed by atoms with Crippen LogP contribution < -0.4 is 0 Å². The van der Waals surface area contributed by atoms with Gasteiger partial charge in [0.25, 0.3) is 0 Å². The smallest absolute Gasteiger partial charge is 0.335 e. The number of aromatic nitrogens is 2. The summed E-state index contributed by atoms with van der Waals surface area (Å²) >= 11 is 0. The molecule has 1 aliphatic rings. The summed E-state index contributed by atoms with van der Waals surface area (Å²) in [6, 6.07) is 5.26. The number of aromatic carboxylic acids is 1. The van der Waals surface area contributed by atoms with Gasteiger partial charge in [-0.1, -0.05) is 6.92 Å². The number of hydrogen-bond donors (Lipinski definition) is 2. The lowest BCUT2D eigenvalue weighted by atomic mass is 10.1. The minimum atomic E-state index is -0.923. The predicted molar refractivity (Wildman–Crippen MR) is 79.7 cm³/mol. The quantitative estimate of drug-likeness (QED) is 0.857. The predicted octanol–water partition coefficient (Wildman–Crippen LogP) is 2.95. The summed E-state index contributed by atoms with van der Waals surface area (Å²) in [6.07, 6.45) is 3.84. The van der Waals surface area contributed by atoms with Gasteiger partial charge in [-0.2, -0.15) is 0 Å². The number of carboxylic acids is 1. The molecule has 0 radical (unpaired) electrons. The summed E-state index contributed by atoms with van der Waals surface area (Å²) in [5.41, 5.74) is 2.00. The zero-order valence-corrected chi connectivity index (χ0v) is 12.1. The van der Waals surface area contributed by atoms with Gasteiger partial charge in [-0.15, -0.1) is 0 Å². The van der Waals surface area contributed by atoms with Gasteiger partial charge in [0.2, 0.25) is 0 Å². The normalized spacial score (nSPS) is 16.3. The molecular formula is C16H20N2O3. The van der Waals surface area contributed by atoms with Crippen LogP contribution in [0, 0.1) is 0 Å². The van der Waals surface area contributed by atoms with Crippen LogP contribution in [0.1, 0.15) is 60.7 Å². The number of rotatable bonds is 6. The standard InChI is InChI=1S/C16H20N2O3/c1-2-12(7-8-19)18-14-9-11(16(20)21)5-6-13(14)17-15(18)10-3-4-10/h5-6,9-10,12,19H,2-4,7-8H2,1H3,(H,20,21). The van der Waals surface area contributed by atoms with Crippen molar-refractivity contribution >= 4 is 17.0 Å². The van der Waals surface area contributed by atoms with Crippen LogP contribution in [-0.2, 0) is 0 Å². The Hall–Kier alpha value is -1.88. The summed E-state index contributed by atoms with van der Waals surface area (Å²) in [5, 5.41) is 18.5. The summed E-state index contributed by atoms with van der Waals surface area (Å²) in [4.78, 5) is 15.9. The van der Waals surface area contributed by atoms with Crippen molar-refractivity contribution in [3.05, 3.63) is 29.6 Å². The molecule has 5 nitrogen and oxygen atoms in total. The molecule has 0 aliphatic heterocycles. The largest absolute Gasteiger partial charge is 0.478 e. The van der Waals surface area contributed by atoms with E-state index in [4.69, 9.17) is 4.98 Å². The second-order valence-electron chi connectivity index (χ2n) is 5.70. The molecule has 1 aromatic heterocycles. The first-order valence-electron chi connectivity index (χ1n) is 7.51. The number of fused-ring (bicyclic) bond motifs is 1. The van der Waals surface area contributed by atoms with E-state index < -0.39 is 5.97 Å². The molecule has 1 heterocycles. The number of carbonyl (C=O) groups is 1. The molecule has 0 spiro atoms. The van der Waals surface area contributed by atoms with Crippen molar-refractivity contribution in [1.29, 1.82) is 0 Å². The maximum absolute atomic E-state index is 11.2. The maximum Gasteiger partial charge on any atom is 0.335 e. The molecule has 1 atom stereocenters. The molecular weight excluding hydrogens is 268 g/mol. The number of carboxylic acid groups (broad SMARTS) is 1. The van der Waals surface area contributed by atoms with Crippen molar-refractivity contribution in [2.75, 3.05) is 6.61 Å². The lowest BCUT2D eigenvalue weighted by Crippen LogP contribution is -2.13. The first-order chi connectivity index (χ1) is 10.2. The van der Waals surface area contributed by atoms with Crippen molar-refractivity contribution in [3.8, 4) is 0 Å². The summed E-state index contributed by atoms with van der Waals surface area (Å²) in [7, 11) is 0. The number of aliphatic hydroxyl groups excluding tert-OH is 1. The lowest BCUT2D eigenvalue weighted by molar-refractivity contribution is 0.0697. The Balaban J connectivity index is 2.18. The lowest BCUT2D eigenvalue weighted by Gasteiger charge is -2.19. The van der Waals surface area contributed by atoms with Gasteiger partial charge in [0.05, 0.1) is 16.6 Å². The van der Waals surface area contributed by atoms with Gasteiger partial charge in [-0.05, 0) is 43.9 Å². The van der Waals surface area contributed by atoms with Crippen molar-refractivity contribution < 1.29 is 15.0 Å². The number of benzene rings is 1. The van der Waals surface area contributed by atoms with Crippen molar-refractivity contribution in [2.45, 2.75) is 44.6 Å². The third kappa shape index (κ3) is 2.53. The highest BCUT2D eigenvalue weighted by atomic mass is 16.4. The van der Waals surface area contributed by atoms with E-state index >= 15 is 0 Å². The molecule has 0 bridgehead atoms. The Bertz CT molecular complexity index is 673. The Morgan fingerprint density at radius 1 is 1.48 bits per heavy atom. The van der Waals surface area contributed by atoms with Crippen LogP contribution in [-0.4, -0.2) is 32.3 Å². The third-order valence-corrected chi connectivity index (χ3v) is 4.20. The van der Waals surface area contributed by atoms with Gasteiger partial charge < -0.3 is 14.8 Å². The number of aliphatic hydroxyl groups is 1. The van der Waals surface area contributed by atoms with Crippen LogP contribution in [0.3, 0.4) is 0 Å². The molecule has 0 amide bonds. The van der Waals surface area contributed by atoms with Crippen LogP contribution in [0.4, 0.5) is 0 Å². The zero-order valence-electron chi connectivity index (χ0n) is 12.1. The van der Waals surface area contributed by atoms with Crippen molar-refractivity contribution in [2.24, 2.45) is 0 Å². The highest BCUT2D eigenvalue weighted by molar-refractivity contribution is 5.92. The molecule has 0 saturated heterocycles. The van der Waals surface area contributed by atoms with E-state index in [0.717, 1.165) is 36.1 Å². The molecule has 1 unspecified atom stereocenters. The molecule has 1 aliphatic carbocycles.